The molecule has 2 rings (SSSR count). The normalized spacial score (nSPS) is 11.6. The Morgan fingerprint density at radius 1 is 1.15 bits per heavy atom. The molecule has 0 aliphatic carbocycles. The first-order valence-electron chi connectivity index (χ1n) is 6.64. The molecule has 2 aromatic rings. The highest BCUT2D eigenvalue weighted by molar-refractivity contribution is 7.16. The number of hydrogen-bond acceptors (Lipinski definition) is 3. The summed E-state index contributed by atoms with van der Waals surface area (Å²) in [5.41, 5.74) is 1.26. The summed E-state index contributed by atoms with van der Waals surface area (Å²) in [6, 6.07) is 12.0. The molecule has 1 aromatic carbocycles. The van der Waals surface area contributed by atoms with Gasteiger partial charge in [0.05, 0.1) is 4.34 Å². The molecule has 2 nitrogen and oxygen atoms in total. The summed E-state index contributed by atoms with van der Waals surface area (Å²) in [7, 11) is 0. The molecule has 0 saturated heterocycles. The highest BCUT2D eigenvalue weighted by Crippen LogP contribution is 2.24. The molecule has 0 atom stereocenters. The molecule has 20 heavy (non-hydrogen) atoms. The first-order valence-corrected chi connectivity index (χ1v) is 7.83. The van der Waals surface area contributed by atoms with Crippen LogP contribution in [0.4, 0.5) is 0 Å². The van der Waals surface area contributed by atoms with Gasteiger partial charge < -0.3 is 10.1 Å². The molecule has 0 aliphatic rings. The van der Waals surface area contributed by atoms with E-state index in [2.05, 4.69) is 32.2 Å². The Morgan fingerprint density at radius 3 is 2.55 bits per heavy atom. The van der Waals surface area contributed by atoms with E-state index in [1.54, 1.807) is 11.3 Å². The van der Waals surface area contributed by atoms with E-state index < -0.39 is 0 Å². The van der Waals surface area contributed by atoms with E-state index >= 15 is 0 Å². The molecule has 1 heterocycles. The minimum absolute atomic E-state index is 0.0917. The van der Waals surface area contributed by atoms with Crippen molar-refractivity contribution in [2.24, 2.45) is 0 Å². The van der Waals surface area contributed by atoms with Crippen molar-refractivity contribution in [1.29, 1.82) is 0 Å². The van der Waals surface area contributed by atoms with Crippen LogP contribution < -0.4 is 10.1 Å². The largest absolute Gasteiger partial charge is 0.488 e. The highest BCUT2D eigenvalue weighted by atomic mass is 35.5. The van der Waals surface area contributed by atoms with E-state index in [4.69, 9.17) is 16.3 Å². The third kappa shape index (κ3) is 4.82. The Balaban J connectivity index is 2.00. The molecule has 108 valence electrons. The molecule has 0 aliphatic heterocycles. The van der Waals surface area contributed by atoms with Gasteiger partial charge in [0, 0.05) is 22.5 Å². The number of hydrogen-bond donors (Lipinski definition) is 1. The predicted octanol–water partition coefficient (Wildman–Crippen LogP) is 4.87. The van der Waals surface area contributed by atoms with Crippen molar-refractivity contribution in [2.75, 3.05) is 0 Å². The molecule has 0 unspecified atom stereocenters. The number of thiophene rings is 1. The van der Waals surface area contributed by atoms with Gasteiger partial charge in [-0.3, -0.25) is 0 Å². The van der Waals surface area contributed by atoms with E-state index in [9.17, 15) is 0 Å². The van der Waals surface area contributed by atoms with Crippen LogP contribution in [0.3, 0.4) is 0 Å². The summed E-state index contributed by atoms with van der Waals surface area (Å²) < 4.78 is 6.71. The Hall–Kier alpha value is -1.03. The lowest BCUT2D eigenvalue weighted by molar-refractivity contribution is 0.303. The Morgan fingerprint density at radius 2 is 1.90 bits per heavy atom. The van der Waals surface area contributed by atoms with Gasteiger partial charge in [-0.1, -0.05) is 29.8 Å². The standard InChI is InChI=1S/C16H20ClNOS/c1-16(2,3)18-10-12-6-4-5-7-14(12)19-11-13-8-9-15(17)20-13/h4-9,18H,10-11H2,1-3H3. The van der Waals surface area contributed by atoms with Gasteiger partial charge in [-0.25, -0.2) is 0 Å². The molecule has 0 fully saturated rings. The summed E-state index contributed by atoms with van der Waals surface area (Å²) in [6.07, 6.45) is 0. The van der Waals surface area contributed by atoms with E-state index in [1.807, 2.05) is 30.3 Å². The zero-order chi connectivity index (χ0) is 14.6. The number of halogens is 1. The topological polar surface area (TPSA) is 21.3 Å². The summed E-state index contributed by atoms with van der Waals surface area (Å²) in [5, 5.41) is 3.48. The molecule has 0 amide bonds. The fourth-order valence-electron chi connectivity index (χ4n) is 1.73. The van der Waals surface area contributed by atoms with Crippen LogP contribution in [0.15, 0.2) is 36.4 Å². The van der Waals surface area contributed by atoms with Crippen LogP contribution in [0.1, 0.15) is 31.2 Å². The number of rotatable bonds is 5. The maximum Gasteiger partial charge on any atom is 0.124 e. The quantitative estimate of drug-likeness (QED) is 0.851. The van der Waals surface area contributed by atoms with E-state index in [0.29, 0.717) is 6.61 Å². The molecule has 1 N–H and O–H groups in total. The minimum atomic E-state index is 0.0917. The zero-order valence-corrected chi connectivity index (χ0v) is 13.6. The molecule has 1 aromatic heterocycles. The van der Waals surface area contributed by atoms with Crippen LogP contribution in [0.5, 0.6) is 5.75 Å². The van der Waals surface area contributed by atoms with Crippen molar-refractivity contribution in [3.8, 4) is 5.75 Å². The van der Waals surface area contributed by atoms with Crippen molar-refractivity contribution >= 4 is 22.9 Å². The lowest BCUT2D eigenvalue weighted by atomic mass is 10.1. The van der Waals surface area contributed by atoms with Gasteiger partial charge in [0.2, 0.25) is 0 Å². The van der Waals surface area contributed by atoms with Crippen molar-refractivity contribution < 1.29 is 4.74 Å². The Labute approximate surface area is 129 Å². The third-order valence-electron chi connectivity index (χ3n) is 2.78. The lowest BCUT2D eigenvalue weighted by Crippen LogP contribution is -2.35. The van der Waals surface area contributed by atoms with Crippen LogP contribution in [0.2, 0.25) is 4.34 Å². The van der Waals surface area contributed by atoms with Gasteiger partial charge in [-0.05, 0) is 39.0 Å². The monoisotopic (exact) mass is 309 g/mol. The van der Waals surface area contributed by atoms with Gasteiger partial charge >= 0.3 is 0 Å². The average Bonchev–Trinajstić information content (AvgIpc) is 2.80. The van der Waals surface area contributed by atoms with Crippen LogP contribution in [0.25, 0.3) is 0 Å². The molecular weight excluding hydrogens is 290 g/mol. The summed E-state index contributed by atoms with van der Waals surface area (Å²) in [4.78, 5) is 1.13. The second-order valence-corrected chi connectivity index (χ2v) is 7.51. The van der Waals surface area contributed by atoms with Gasteiger partial charge in [0.15, 0.2) is 0 Å². The third-order valence-corrected chi connectivity index (χ3v) is 3.99. The highest BCUT2D eigenvalue weighted by Gasteiger charge is 2.11. The van der Waals surface area contributed by atoms with Crippen molar-refractivity contribution in [2.45, 2.75) is 39.5 Å². The Kier molecular flexibility index (Phi) is 5.08. The zero-order valence-electron chi connectivity index (χ0n) is 12.1. The van der Waals surface area contributed by atoms with Crippen molar-refractivity contribution in [3.63, 3.8) is 0 Å². The van der Waals surface area contributed by atoms with Crippen LogP contribution in [-0.4, -0.2) is 5.54 Å². The lowest BCUT2D eigenvalue weighted by Gasteiger charge is -2.21. The van der Waals surface area contributed by atoms with Gasteiger partial charge in [-0.15, -0.1) is 11.3 Å². The van der Waals surface area contributed by atoms with Gasteiger partial charge in [-0.2, -0.15) is 0 Å². The molecule has 0 bridgehead atoms. The second kappa shape index (κ2) is 6.61. The van der Waals surface area contributed by atoms with Crippen LogP contribution in [-0.2, 0) is 13.2 Å². The molecule has 4 heteroatoms. The molecule has 0 spiro atoms. The fraction of sp³-hybridized carbons (Fsp3) is 0.375. The van der Waals surface area contributed by atoms with Crippen molar-refractivity contribution in [3.05, 3.63) is 51.2 Å². The minimum Gasteiger partial charge on any atom is -0.488 e. The molecule has 0 saturated carbocycles. The van der Waals surface area contributed by atoms with E-state index in [0.717, 1.165) is 21.5 Å². The SMILES string of the molecule is CC(C)(C)NCc1ccccc1OCc1ccc(Cl)s1. The molecule has 0 radical (unpaired) electrons. The first kappa shape index (κ1) is 15.4. The number of benzene rings is 1. The predicted molar refractivity (Wildman–Crippen MR) is 86.7 cm³/mol. The second-order valence-electron chi connectivity index (χ2n) is 5.71. The summed E-state index contributed by atoms with van der Waals surface area (Å²) >= 11 is 7.48. The van der Waals surface area contributed by atoms with Crippen LogP contribution in [0, 0.1) is 0 Å². The van der Waals surface area contributed by atoms with E-state index in [1.165, 1.54) is 5.56 Å². The average molecular weight is 310 g/mol. The fourth-order valence-corrected chi connectivity index (χ4v) is 2.73. The maximum atomic E-state index is 5.93. The smallest absolute Gasteiger partial charge is 0.124 e. The Bertz CT molecular complexity index is 560. The van der Waals surface area contributed by atoms with Gasteiger partial charge in [0.1, 0.15) is 12.4 Å². The number of para-hydroxylation sites is 1. The number of nitrogens with one attached hydrogen (secondary N) is 1. The summed E-state index contributed by atoms with van der Waals surface area (Å²) in [6.45, 7) is 7.83. The maximum absolute atomic E-state index is 5.93. The van der Waals surface area contributed by atoms with Gasteiger partial charge in [0.25, 0.3) is 0 Å². The van der Waals surface area contributed by atoms with E-state index in [-0.39, 0.29) is 5.54 Å². The van der Waals surface area contributed by atoms with Crippen LogP contribution >= 0.6 is 22.9 Å². The molecular formula is C16H20ClNOS. The first-order chi connectivity index (χ1) is 9.44. The summed E-state index contributed by atoms with van der Waals surface area (Å²) in [5.74, 6) is 0.925. The van der Waals surface area contributed by atoms with Crippen molar-refractivity contribution in [1.82, 2.24) is 5.32 Å². The number of ether oxygens (including phenoxy) is 1.